The average Bonchev–Trinajstić information content (AvgIpc) is 2.59. The normalized spacial score (nSPS) is 16.5. The van der Waals surface area contributed by atoms with Gasteiger partial charge in [0.05, 0.1) is 11.4 Å². The fourth-order valence-electron chi connectivity index (χ4n) is 2.34. The van der Waals surface area contributed by atoms with Crippen LogP contribution in [0.5, 0.6) is 11.5 Å². The van der Waals surface area contributed by atoms with Crippen LogP contribution in [0.25, 0.3) is 0 Å². The minimum Gasteiger partial charge on any atom is -0.486 e. The van der Waals surface area contributed by atoms with Crippen molar-refractivity contribution in [3.05, 3.63) is 54.1 Å². The number of nitrogens with one attached hydrogen (secondary N) is 1. The van der Waals surface area contributed by atoms with Gasteiger partial charge in [-0.1, -0.05) is 18.2 Å². The maximum atomic E-state index is 12.2. The zero-order valence-corrected chi connectivity index (χ0v) is 13.9. The van der Waals surface area contributed by atoms with Crippen molar-refractivity contribution in [1.29, 1.82) is 0 Å². The highest BCUT2D eigenvalue weighted by atomic mass is 32.2. The second-order valence-electron chi connectivity index (χ2n) is 5.51. The van der Waals surface area contributed by atoms with Gasteiger partial charge in [0.15, 0.2) is 21.3 Å². The van der Waals surface area contributed by atoms with E-state index in [4.69, 9.17) is 9.47 Å². The number of ether oxygens (including phenoxy) is 2. The highest BCUT2D eigenvalue weighted by Gasteiger charge is 2.21. The smallest absolute Gasteiger partial charge is 0.251 e. The van der Waals surface area contributed by atoms with Gasteiger partial charge < -0.3 is 14.8 Å². The molecule has 1 amide bonds. The summed E-state index contributed by atoms with van der Waals surface area (Å²) in [4.78, 5) is 12.3. The van der Waals surface area contributed by atoms with Crippen molar-refractivity contribution in [2.24, 2.45) is 0 Å². The molecule has 0 saturated carbocycles. The van der Waals surface area contributed by atoms with Crippen LogP contribution in [-0.2, 0) is 9.84 Å². The molecule has 1 atom stereocenters. The molecule has 126 valence electrons. The SMILES string of the molecule is CS(=O)(=O)c1cccc(C(=O)NCC2COc3ccccc3O2)c1. The Hall–Kier alpha value is -2.54. The lowest BCUT2D eigenvalue weighted by Gasteiger charge is -2.26. The number of fused-ring (bicyclic) bond motifs is 1. The Morgan fingerprint density at radius 3 is 2.67 bits per heavy atom. The fraction of sp³-hybridized carbons (Fsp3) is 0.235. The van der Waals surface area contributed by atoms with E-state index in [9.17, 15) is 13.2 Å². The van der Waals surface area contributed by atoms with Gasteiger partial charge in [-0.3, -0.25) is 4.79 Å². The molecule has 1 unspecified atom stereocenters. The fourth-order valence-corrected chi connectivity index (χ4v) is 3.01. The third-order valence-corrected chi connectivity index (χ3v) is 4.69. The van der Waals surface area contributed by atoms with Gasteiger partial charge in [0.1, 0.15) is 12.7 Å². The van der Waals surface area contributed by atoms with Crippen LogP contribution in [0.2, 0.25) is 0 Å². The molecule has 0 aromatic heterocycles. The van der Waals surface area contributed by atoms with Gasteiger partial charge in [0, 0.05) is 11.8 Å². The van der Waals surface area contributed by atoms with Crippen LogP contribution in [0.3, 0.4) is 0 Å². The summed E-state index contributed by atoms with van der Waals surface area (Å²) in [6.45, 7) is 0.594. The monoisotopic (exact) mass is 347 g/mol. The van der Waals surface area contributed by atoms with Gasteiger partial charge in [0.25, 0.3) is 5.91 Å². The topological polar surface area (TPSA) is 81.7 Å². The van der Waals surface area contributed by atoms with Gasteiger partial charge in [-0.2, -0.15) is 0 Å². The van der Waals surface area contributed by atoms with Gasteiger partial charge in [-0.25, -0.2) is 8.42 Å². The Labute approximate surface area is 140 Å². The zero-order chi connectivity index (χ0) is 17.2. The molecule has 0 saturated heterocycles. The summed E-state index contributed by atoms with van der Waals surface area (Å²) < 4.78 is 34.5. The van der Waals surface area contributed by atoms with E-state index in [1.54, 1.807) is 18.2 Å². The van der Waals surface area contributed by atoms with E-state index in [1.807, 2.05) is 18.2 Å². The van der Waals surface area contributed by atoms with Crippen molar-refractivity contribution in [1.82, 2.24) is 5.32 Å². The molecule has 2 aromatic rings. The van der Waals surface area contributed by atoms with Crippen LogP contribution >= 0.6 is 0 Å². The first-order valence-corrected chi connectivity index (χ1v) is 9.29. The first kappa shape index (κ1) is 16.3. The van der Waals surface area contributed by atoms with Crippen LogP contribution in [0, 0.1) is 0 Å². The predicted molar refractivity (Wildman–Crippen MR) is 88.2 cm³/mol. The lowest BCUT2D eigenvalue weighted by molar-refractivity contribution is 0.0789. The van der Waals surface area contributed by atoms with E-state index in [1.165, 1.54) is 12.1 Å². The Bertz CT molecular complexity index is 863. The number of hydrogen-bond donors (Lipinski definition) is 1. The molecular weight excluding hydrogens is 330 g/mol. The van der Waals surface area contributed by atoms with E-state index < -0.39 is 9.84 Å². The molecule has 2 aromatic carbocycles. The van der Waals surface area contributed by atoms with E-state index in [0.717, 1.165) is 6.26 Å². The van der Waals surface area contributed by atoms with E-state index in [2.05, 4.69) is 5.32 Å². The van der Waals surface area contributed by atoms with E-state index in [0.29, 0.717) is 18.1 Å². The average molecular weight is 347 g/mol. The summed E-state index contributed by atoms with van der Waals surface area (Å²) in [5, 5.41) is 2.74. The molecule has 1 N–H and O–H groups in total. The minimum absolute atomic E-state index is 0.112. The number of benzene rings is 2. The molecule has 3 rings (SSSR count). The number of amides is 1. The predicted octanol–water partition coefficient (Wildman–Crippen LogP) is 1.66. The summed E-state index contributed by atoms with van der Waals surface area (Å²) >= 11 is 0. The molecule has 1 heterocycles. The number of carbonyl (C=O) groups is 1. The van der Waals surface area contributed by atoms with Crippen LogP contribution in [0.4, 0.5) is 0 Å². The number of carbonyl (C=O) groups excluding carboxylic acids is 1. The Balaban J connectivity index is 1.63. The molecule has 0 fully saturated rings. The van der Waals surface area contributed by atoms with Crippen molar-refractivity contribution >= 4 is 15.7 Å². The summed E-state index contributed by atoms with van der Waals surface area (Å²) in [6, 6.07) is 13.3. The Morgan fingerprint density at radius 2 is 1.92 bits per heavy atom. The molecule has 0 spiro atoms. The van der Waals surface area contributed by atoms with Gasteiger partial charge >= 0.3 is 0 Å². The molecule has 6 nitrogen and oxygen atoms in total. The second kappa shape index (κ2) is 6.52. The highest BCUT2D eigenvalue weighted by molar-refractivity contribution is 7.90. The quantitative estimate of drug-likeness (QED) is 0.910. The number of sulfone groups is 1. The molecule has 24 heavy (non-hydrogen) atoms. The van der Waals surface area contributed by atoms with Gasteiger partial charge in [0.2, 0.25) is 0 Å². The van der Waals surface area contributed by atoms with Crippen LogP contribution in [-0.4, -0.2) is 39.8 Å². The first-order valence-electron chi connectivity index (χ1n) is 7.40. The molecular formula is C17H17NO5S. The molecule has 7 heteroatoms. The van der Waals surface area contributed by atoms with Crippen LogP contribution in [0.15, 0.2) is 53.4 Å². The summed E-state index contributed by atoms with van der Waals surface area (Å²) in [6.07, 6.45) is 0.802. The van der Waals surface area contributed by atoms with Crippen LogP contribution in [0.1, 0.15) is 10.4 Å². The lowest BCUT2D eigenvalue weighted by Crippen LogP contribution is -2.40. The van der Waals surface area contributed by atoms with Gasteiger partial charge in [-0.05, 0) is 30.3 Å². The van der Waals surface area contributed by atoms with Gasteiger partial charge in [-0.15, -0.1) is 0 Å². The summed E-state index contributed by atoms with van der Waals surface area (Å²) in [7, 11) is -3.35. The number of hydrogen-bond acceptors (Lipinski definition) is 5. The largest absolute Gasteiger partial charge is 0.486 e. The maximum absolute atomic E-state index is 12.2. The van der Waals surface area contributed by atoms with Crippen molar-refractivity contribution in [3.63, 3.8) is 0 Å². The number of para-hydroxylation sites is 2. The van der Waals surface area contributed by atoms with Crippen molar-refractivity contribution in [2.75, 3.05) is 19.4 Å². The molecule has 0 radical (unpaired) electrons. The third-order valence-electron chi connectivity index (χ3n) is 3.58. The van der Waals surface area contributed by atoms with Crippen molar-refractivity contribution < 1.29 is 22.7 Å². The molecule has 1 aliphatic heterocycles. The second-order valence-corrected chi connectivity index (χ2v) is 7.52. The maximum Gasteiger partial charge on any atom is 0.251 e. The number of rotatable bonds is 4. The van der Waals surface area contributed by atoms with E-state index in [-0.39, 0.29) is 29.0 Å². The highest BCUT2D eigenvalue weighted by Crippen LogP contribution is 2.30. The minimum atomic E-state index is -3.35. The summed E-state index contributed by atoms with van der Waals surface area (Å²) in [5.74, 6) is 0.964. The van der Waals surface area contributed by atoms with Crippen LogP contribution < -0.4 is 14.8 Å². The molecule has 0 bridgehead atoms. The van der Waals surface area contributed by atoms with Crippen molar-refractivity contribution in [2.45, 2.75) is 11.0 Å². The van der Waals surface area contributed by atoms with Crippen molar-refractivity contribution in [3.8, 4) is 11.5 Å². The lowest BCUT2D eigenvalue weighted by atomic mass is 10.2. The molecule has 1 aliphatic rings. The molecule has 0 aliphatic carbocycles. The Kier molecular flexibility index (Phi) is 4.44. The standard InChI is InChI=1S/C17H17NO5S/c1-24(20,21)14-6-4-5-12(9-14)17(19)18-10-13-11-22-15-7-2-3-8-16(15)23-13/h2-9,13H,10-11H2,1H3,(H,18,19). The zero-order valence-electron chi connectivity index (χ0n) is 13.1. The third kappa shape index (κ3) is 3.68. The van der Waals surface area contributed by atoms with E-state index >= 15 is 0 Å². The summed E-state index contributed by atoms with van der Waals surface area (Å²) in [5.41, 5.74) is 0.287. The Morgan fingerprint density at radius 1 is 1.17 bits per heavy atom. The first-order chi connectivity index (χ1) is 11.4.